The van der Waals surface area contributed by atoms with Crippen molar-refractivity contribution in [3.05, 3.63) is 41.0 Å². The van der Waals surface area contributed by atoms with E-state index in [0.717, 1.165) is 23.0 Å². The lowest BCUT2D eigenvalue weighted by molar-refractivity contribution is -0.114. The summed E-state index contributed by atoms with van der Waals surface area (Å²) >= 11 is 0. The highest BCUT2D eigenvalue weighted by Crippen LogP contribution is 2.52. The van der Waals surface area contributed by atoms with Gasteiger partial charge in [0.05, 0.1) is 27.9 Å². The molecule has 0 saturated heterocycles. The van der Waals surface area contributed by atoms with Crippen molar-refractivity contribution in [2.24, 2.45) is 17.6 Å². The van der Waals surface area contributed by atoms with E-state index in [0.29, 0.717) is 35.4 Å². The zero-order chi connectivity index (χ0) is 22.1. The van der Waals surface area contributed by atoms with Gasteiger partial charge in [-0.1, -0.05) is 0 Å². The molecule has 1 heterocycles. The Morgan fingerprint density at radius 2 is 1.58 bits per heavy atom. The molecule has 0 unspecified atom stereocenters. The molecular formula is C23H27NO7. The van der Waals surface area contributed by atoms with Gasteiger partial charge in [0.15, 0.2) is 23.0 Å². The predicted molar refractivity (Wildman–Crippen MR) is 112 cm³/mol. The first kappa shape index (κ1) is 21.3. The van der Waals surface area contributed by atoms with E-state index in [1.54, 1.807) is 28.4 Å². The van der Waals surface area contributed by atoms with Gasteiger partial charge in [-0.05, 0) is 41.0 Å². The smallest absolute Gasteiger partial charge is 0.231 e. The van der Waals surface area contributed by atoms with Crippen molar-refractivity contribution in [1.82, 2.24) is 0 Å². The second-order valence-corrected chi connectivity index (χ2v) is 7.63. The summed E-state index contributed by atoms with van der Waals surface area (Å²) in [5.41, 5.74) is 9.30. The molecule has 0 aromatic heterocycles. The van der Waals surface area contributed by atoms with Crippen molar-refractivity contribution in [3.8, 4) is 28.7 Å². The molecule has 2 aliphatic rings. The molecule has 1 aliphatic carbocycles. The first-order chi connectivity index (χ1) is 15.1. The van der Waals surface area contributed by atoms with Gasteiger partial charge in [-0.15, -0.1) is 0 Å². The molecule has 0 fully saturated rings. The van der Waals surface area contributed by atoms with Crippen LogP contribution < -0.4 is 29.4 Å². The third-order valence-corrected chi connectivity index (χ3v) is 6.18. The van der Waals surface area contributed by atoms with Gasteiger partial charge >= 0.3 is 0 Å². The number of methoxy groups -OCH3 is 4. The average Bonchev–Trinajstić information content (AvgIpc) is 3.26. The van der Waals surface area contributed by atoms with E-state index in [4.69, 9.17) is 34.2 Å². The lowest BCUT2D eigenvalue weighted by Crippen LogP contribution is -2.40. The number of rotatable bonds is 7. The summed E-state index contributed by atoms with van der Waals surface area (Å²) in [6, 6.07) is 7.19. The Hall–Kier alpha value is -2.97. The molecule has 2 aromatic carbocycles. The Kier molecular flexibility index (Phi) is 5.93. The van der Waals surface area contributed by atoms with Crippen LogP contribution in [0.2, 0.25) is 0 Å². The molecule has 1 aliphatic heterocycles. The molecule has 8 nitrogen and oxygen atoms in total. The van der Waals surface area contributed by atoms with Crippen molar-refractivity contribution < 1.29 is 33.2 Å². The largest absolute Gasteiger partial charge is 0.493 e. The minimum absolute atomic E-state index is 0.154. The average molecular weight is 429 g/mol. The van der Waals surface area contributed by atoms with Crippen LogP contribution in [0, 0.1) is 11.8 Å². The van der Waals surface area contributed by atoms with Crippen LogP contribution in [0.25, 0.3) is 0 Å². The number of fused-ring (bicyclic) bond motifs is 2. The maximum atomic E-state index is 12.4. The van der Waals surface area contributed by atoms with E-state index >= 15 is 0 Å². The van der Waals surface area contributed by atoms with Crippen LogP contribution in [-0.2, 0) is 9.53 Å². The lowest BCUT2D eigenvalue weighted by Gasteiger charge is -2.41. The third kappa shape index (κ3) is 3.45. The maximum absolute atomic E-state index is 12.4. The summed E-state index contributed by atoms with van der Waals surface area (Å²) in [7, 11) is 6.29. The van der Waals surface area contributed by atoms with E-state index in [2.05, 4.69) is 0 Å². The minimum atomic E-state index is -0.425. The molecule has 0 spiro atoms. The molecule has 8 heteroatoms. The Balaban J connectivity index is 1.95. The number of nitrogens with two attached hydrogens (primary N) is 1. The summed E-state index contributed by atoms with van der Waals surface area (Å²) in [6.45, 7) is 0.500. The number of carbonyl (C=O) groups is 1. The van der Waals surface area contributed by atoms with Gasteiger partial charge in [-0.25, -0.2) is 0 Å². The van der Waals surface area contributed by atoms with E-state index in [1.165, 1.54) is 0 Å². The van der Waals surface area contributed by atoms with Gasteiger partial charge in [0.25, 0.3) is 0 Å². The lowest BCUT2D eigenvalue weighted by atomic mass is 9.65. The van der Waals surface area contributed by atoms with Crippen molar-refractivity contribution in [3.63, 3.8) is 0 Å². The van der Waals surface area contributed by atoms with Crippen LogP contribution in [0.3, 0.4) is 0 Å². The van der Waals surface area contributed by atoms with Crippen molar-refractivity contribution >= 4 is 6.29 Å². The van der Waals surface area contributed by atoms with Crippen molar-refractivity contribution in [1.29, 1.82) is 0 Å². The standard InChI is InChI=1S/C23H27NO7/c1-26-10-16-15(9-25)21(12-5-19(27-2)23(29-4)20(6-12)28-3)13-7-17-18(31-11-30-17)8-14(13)22(16)24/h5-9,15-16,21-22H,10-11,24H2,1-4H3/t15-,16-,21+,22+/m0/s1. The summed E-state index contributed by atoms with van der Waals surface area (Å²) in [6.07, 6.45) is 0.963. The fraction of sp³-hybridized carbons (Fsp3) is 0.435. The van der Waals surface area contributed by atoms with Gasteiger partial charge in [-0.2, -0.15) is 0 Å². The van der Waals surface area contributed by atoms with Crippen LogP contribution >= 0.6 is 0 Å². The van der Waals surface area contributed by atoms with E-state index in [1.807, 2.05) is 24.3 Å². The number of carbonyl (C=O) groups excluding carboxylic acids is 1. The summed E-state index contributed by atoms with van der Waals surface area (Å²) in [5, 5.41) is 0. The number of benzene rings is 2. The third-order valence-electron chi connectivity index (χ3n) is 6.18. The second-order valence-electron chi connectivity index (χ2n) is 7.63. The molecule has 2 N–H and O–H groups in total. The van der Waals surface area contributed by atoms with E-state index < -0.39 is 12.0 Å². The fourth-order valence-electron chi connectivity index (χ4n) is 4.73. The Morgan fingerprint density at radius 1 is 0.968 bits per heavy atom. The molecule has 0 amide bonds. The van der Waals surface area contributed by atoms with Gasteiger partial charge in [0.2, 0.25) is 12.5 Å². The molecule has 166 valence electrons. The van der Waals surface area contributed by atoms with E-state index in [-0.39, 0.29) is 18.6 Å². The van der Waals surface area contributed by atoms with Crippen LogP contribution in [0.15, 0.2) is 24.3 Å². The molecule has 4 atom stereocenters. The van der Waals surface area contributed by atoms with E-state index in [9.17, 15) is 4.79 Å². The molecular weight excluding hydrogens is 402 g/mol. The fourth-order valence-corrected chi connectivity index (χ4v) is 4.73. The van der Waals surface area contributed by atoms with Crippen molar-refractivity contribution in [2.75, 3.05) is 41.8 Å². The minimum Gasteiger partial charge on any atom is -0.493 e. The Bertz CT molecular complexity index is 952. The highest BCUT2D eigenvalue weighted by atomic mass is 16.7. The predicted octanol–water partition coefficient (Wildman–Crippen LogP) is 2.66. The summed E-state index contributed by atoms with van der Waals surface area (Å²) in [4.78, 5) is 12.4. The number of hydrogen-bond donors (Lipinski definition) is 1. The van der Waals surface area contributed by atoms with Crippen LogP contribution in [0.1, 0.15) is 28.7 Å². The SMILES string of the molecule is COC[C@H]1[C@H](C=O)[C@H](c2cc(OC)c(OC)c(OC)c2)c2cc3c(cc2[C@H]1N)OCO3. The van der Waals surface area contributed by atoms with Crippen LogP contribution in [0.4, 0.5) is 0 Å². The number of aldehydes is 1. The monoisotopic (exact) mass is 429 g/mol. The summed E-state index contributed by atoms with van der Waals surface area (Å²) in [5.74, 6) is 1.85. The topological polar surface area (TPSA) is 98.5 Å². The first-order valence-electron chi connectivity index (χ1n) is 10.0. The zero-order valence-electron chi connectivity index (χ0n) is 18.0. The molecule has 0 saturated carbocycles. The zero-order valence-corrected chi connectivity index (χ0v) is 18.0. The summed E-state index contributed by atoms with van der Waals surface area (Å²) < 4.78 is 33.2. The van der Waals surface area contributed by atoms with Gasteiger partial charge in [-0.3, -0.25) is 0 Å². The quantitative estimate of drug-likeness (QED) is 0.671. The Labute approximate surface area is 181 Å². The maximum Gasteiger partial charge on any atom is 0.231 e. The second kappa shape index (κ2) is 8.64. The van der Waals surface area contributed by atoms with Gasteiger partial charge in [0.1, 0.15) is 6.29 Å². The first-order valence-corrected chi connectivity index (χ1v) is 10.0. The highest BCUT2D eigenvalue weighted by Gasteiger charge is 2.43. The normalized spacial score (nSPS) is 23.8. The van der Waals surface area contributed by atoms with Crippen molar-refractivity contribution in [2.45, 2.75) is 12.0 Å². The Morgan fingerprint density at radius 3 is 2.10 bits per heavy atom. The molecule has 31 heavy (non-hydrogen) atoms. The molecule has 2 aromatic rings. The number of hydrogen-bond acceptors (Lipinski definition) is 8. The molecule has 0 bridgehead atoms. The number of ether oxygens (including phenoxy) is 6. The molecule has 4 rings (SSSR count). The van der Waals surface area contributed by atoms with Crippen LogP contribution in [-0.4, -0.2) is 48.1 Å². The van der Waals surface area contributed by atoms with Gasteiger partial charge < -0.3 is 38.9 Å². The van der Waals surface area contributed by atoms with Crippen LogP contribution in [0.5, 0.6) is 28.7 Å². The van der Waals surface area contributed by atoms with Gasteiger partial charge in [0, 0.05) is 30.9 Å². The highest BCUT2D eigenvalue weighted by molar-refractivity contribution is 5.66. The molecule has 0 radical (unpaired) electrons.